The second kappa shape index (κ2) is 7.87. The summed E-state index contributed by atoms with van der Waals surface area (Å²) in [5, 5.41) is 13.3. The molecule has 184 valence electrons. The molecule has 1 N–H and O–H groups in total. The van der Waals surface area contributed by atoms with Gasteiger partial charge in [-0.1, -0.05) is 30.8 Å². The lowest BCUT2D eigenvalue weighted by Gasteiger charge is -2.59. The van der Waals surface area contributed by atoms with Crippen molar-refractivity contribution in [2.75, 3.05) is 12.4 Å². The van der Waals surface area contributed by atoms with Crippen LogP contribution in [0.25, 0.3) is 0 Å². The highest BCUT2D eigenvalue weighted by atomic mass is 32.1. The summed E-state index contributed by atoms with van der Waals surface area (Å²) in [7, 11) is 1.99. The molecule has 1 aliphatic heterocycles. The molecule has 6 rings (SSSR count). The molecule has 1 aromatic rings. The van der Waals surface area contributed by atoms with E-state index in [4.69, 9.17) is 0 Å². The van der Waals surface area contributed by atoms with Crippen LogP contribution in [0.5, 0.6) is 0 Å². The van der Waals surface area contributed by atoms with Crippen molar-refractivity contribution in [2.45, 2.75) is 90.9 Å². The van der Waals surface area contributed by atoms with E-state index >= 15 is 0 Å². The number of allylic oxidation sites excluding steroid dienone is 2. The number of rotatable bonds is 4. The highest BCUT2D eigenvalue weighted by Crippen LogP contribution is 2.67. The van der Waals surface area contributed by atoms with Gasteiger partial charge in [0.1, 0.15) is 5.01 Å². The number of hydrogen-bond donors (Lipinski definition) is 1. The van der Waals surface area contributed by atoms with E-state index in [1.807, 2.05) is 11.9 Å². The number of fused-ring (bicyclic) bond motifs is 5. The molecule has 34 heavy (non-hydrogen) atoms. The number of carbonyl (C=O) groups excluding carboxylic acids is 2. The highest BCUT2D eigenvalue weighted by Gasteiger charge is 2.60. The summed E-state index contributed by atoms with van der Waals surface area (Å²) >= 11 is 1.55. The van der Waals surface area contributed by atoms with E-state index in [2.05, 4.69) is 36.3 Å². The highest BCUT2D eigenvalue weighted by molar-refractivity contribution is 7.15. The van der Waals surface area contributed by atoms with Crippen LogP contribution in [-0.4, -0.2) is 34.0 Å². The maximum absolute atomic E-state index is 13.0. The molecular weight excluding hydrogens is 444 g/mol. The Labute approximate surface area is 207 Å². The predicted molar refractivity (Wildman–Crippen MR) is 133 cm³/mol. The van der Waals surface area contributed by atoms with Crippen molar-refractivity contribution in [1.29, 1.82) is 0 Å². The van der Waals surface area contributed by atoms with Crippen molar-refractivity contribution in [3.63, 3.8) is 0 Å². The number of carbonyl (C=O) groups is 2. The Hall–Kier alpha value is -1.76. The van der Waals surface area contributed by atoms with E-state index in [0.29, 0.717) is 47.6 Å². The molecule has 2 heterocycles. The number of nitrogens with zero attached hydrogens (tertiary/aromatic N) is 3. The van der Waals surface area contributed by atoms with Crippen LogP contribution >= 0.6 is 11.3 Å². The largest absolute Gasteiger partial charge is 0.319 e. The smallest absolute Gasteiger partial charge is 0.226 e. The summed E-state index contributed by atoms with van der Waals surface area (Å²) in [6, 6.07) is 0. The average Bonchev–Trinajstić information content (AvgIpc) is 3.45. The molecule has 0 unspecified atom stereocenters. The van der Waals surface area contributed by atoms with Gasteiger partial charge in [0.05, 0.1) is 0 Å². The molecule has 3 saturated carbocycles. The van der Waals surface area contributed by atoms with Gasteiger partial charge in [0.15, 0.2) is 0 Å². The molecule has 1 saturated heterocycles. The van der Waals surface area contributed by atoms with E-state index in [-0.39, 0.29) is 22.6 Å². The van der Waals surface area contributed by atoms with Gasteiger partial charge in [0, 0.05) is 36.9 Å². The van der Waals surface area contributed by atoms with Crippen molar-refractivity contribution < 1.29 is 9.59 Å². The Kier molecular flexibility index (Phi) is 5.25. The summed E-state index contributed by atoms with van der Waals surface area (Å²) in [6.07, 6.45) is 10.6. The summed E-state index contributed by atoms with van der Waals surface area (Å²) in [5.74, 6) is 3.38. The molecule has 0 radical (unpaired) electrons. The summed E-state index contributed by atoms with van der Waals surface area (Å²) in [5.41, 5.74) is 3.09. The molecule has 4 aliphatic carbocycles. The maximum atomic E-state index is 13.0. The first-order chi connectivity index (χ1) is 16.2. The molecule has 6 nitrogen and oxygen atoms in total. The average molecular weight is 483 g/mol. The molecule has 2 amide bonds. The second-order valence-corrected chi connectivity index (χ2v) is 13.4. The molecule has 7 heteroatoms. The molecule has 6 atom stereocenters. The molecule has 4 fully saturated rings. The lowest BCUT2D eigenvalue weighted by Crippen LogP contribution is -2.54. The second-order valence-electron chi connectivity index (χ2n) is 12.4. The third kappa shape index (κ3) is 3.40. The normalized spacial score (nSPS) is 39.5. The van der Waals surface area contributed by atoms with Gasteiger partial charge in [-0.2, -0.15) is 0 Å². The molecule has 0 spiro atoms. The molecule has 0 aromatic carbocycles. The van der Waals surface area contributed by atoms with Gasteiger partial charge in [-0.15, -0.1) is 10.2 Å². The number of piperidine rings is 1. The number of hydrogen-bond acceptors (Lipinski definition) is 5. The number of likely N-dealkylation sites (tertiary alicyclic amines) is 1. The predicted octanol–water partition coefficient (Wildman–Crippen LogP) is 5.74. The van der Waals surface area contributed by atoms with Gasteiger partial charge >= 0.3 is 0 Å². The standard InChI is InChI=1S/C27H38N4O2S/c1-15-13-18-19-8-7-17(14-21(32)28-25-30-29-24(34-25)16-5-6-16)26(19,2)11-9-20(18)27(3)12-10-22(33)31(4)23(15)27/h16-20H,5-14H2,1-4H3,(H,28,30,32)/t17-,18+,19+,20+,26-,27-/m1/s1. The molecular formula is C27H38N4O2S. The van der Waals surface area contributed by atoms with E-state index in [1.165, 1.54) is 43.4 Å². The van der Waals surface area contributed by atoms with Gasteiger partial charge in [-0.05, 0) is 87.4 Å². The molecule has 0 bridgehead atoms. The van der Waals surface area contributed by atoms with Crippen LogP contribution in [0, 0.1) is 34.5 Å². The monoisotopic (exact) mass is 482 g/mol. The number of aromatic nitrogens is 2. The van der Waals surface area contributed by atoms with Gasteiger partial charge < -0.3 is 10.2 Å². The van der Waals surface area contributed by atoms with Crippen molar-refractivity contribution in [3.8, 4) is 0 Å². The quantitative estimate of drug-likeness (QED) is 0.594. The van der Waals surface area contributed by atoms with Crippen LogP contribution < -0.4 is 5.32 Å². The fourth-order valence-corrected chi connectivity index (χ4v) is 9.66. The fraction of sp³-hybridized carbons (Fsp3) is 0.778. The van der Waals surface area contributed by atoms with Gasteiger partial charge in [0.25, 0.3) is 0 Å². The maximum Gasteiger partial charge on any atom is 0.226 e. The Bertz CT molecular complexity index is 1060. The SMILES string of the molecule is CC1=C2N(C)C(=O)CC[C@]2(C)[C@H]2CC[C@]3(C)[C@@H](CC(=O)Nc4nnc(C5CC5)s4)CC[C@H]3[C@@H]2C1. The molecule has 5 aliphatic rings. The van der Waals surface area contributed by atoms with E-state index in [0.717, 1.165) is 24.3 Å². The van der Waals surface area contributed by atoms with E-state index in [9.17, 15) is 9.59 Å². The zero-order valence-corrected chi connectivity index (χ0v) is 21.8. The van der Waals surface area contributed by atoms with Crippen molar-refractivity contribution in [1.82, 2.24) is 15.1 Å². The van der Waals surface area contributed by atoms with Crippen molar-refractivity contribution >= 4 is 28.3 Å². The number of amides is 2. The van der Waals surface area contributed by atoms with E-state index in [1.54, 1.807) is 11.3 Å². The van der Waals surface area contributed by atoms with Crippen molar-refractivity contribution in [3.05, 3.63) is 16.3 Å². The lowest BCUT2D eigenvalue weighted by molar-refractivity contribution is -0.136. The van der Waals surface area contributed by atoms with Gasteiger partial charge in [0.2, 0.25) is 16.9 Å². The topological polar surface area (TPSA) is 75.2 Å². The minimum absolute atomic E-state index is 0.105. The van der Waals surface area contributed by atoms with Crippen LogP contribution in [0.1, 0.15) is 95.9 Å². The van der Waals surface area contributed by atoms with E-state index < -0.39 is 0 Å². The minimum Gasteiger partial charge on any atom is -0.319 e. The minimum atomic E-state index is 0.105. The Morgan fingerprint density at radius 2 is 1.91 bits per heavy atom. The summed E-state index contributed by atoms with van der Waals surface area (Å²) < 4.78 is 0. The summed E-state index contributed by atoms with van der Waals surface area (Å²) in [4.78, 5) is 27.5. The third-order valence-electron chi connectivity index (χ3n) is 10.6. The Morgan fingerprint density at radius 3 is 2.68 bits per heavy atom. The number of nitrogens with one attached hydrogen (secondary N) is 1. The van der Waals surface area contributed by atoms with Gasteiger partial charge in [-0.3, -0.25) is 9.59 Å². The lowest BCUT2D eigenvalue weighted by atomic mass is 9.48. The first-order valence-corrected chi connectivity index (χ1v) is 14.1. The number of anilines is 1. The van der Waals surface area contributed by atoms with Crippen LogP contribution in [0.3, 0.4) is 0 Å². The Balaban J connectivity index is 1.18. The Morgan fingerprint density at radius 1 is 1.12 bits per heavy atom. The van der Waals surface area contributed by atoms with Crippen LogP contribution in [0.15, 0.2) is 11.3 Å². The zero-order chi connectivity index (χ0) is 23.8. The van der Waals surface area contributed by atoms with Crippen LogP contribution in [0.2, 0.25) is 0 Å². The first-order valence-electron chi connectivity index (χ1n) is 13.3. The van der Waals surface area contributed by atoms with Crippen LogP contribution in [-0.2, 0) is 9.59 Å². The van der Waals surface area contributed by atoms with Gasteiger partial charge in [-0.25, -0.2) is 0 Å². The zero-order valence-electron chi connectivity index (χ0n) is 21.0. The van der Waals surface area contributed by atoms with Crippen LogP contribution in [0.4, 0.5) is 5.13 Å². The van der Waals surface area contributed by atoms with Crippen molar-refractivity contribution in [2.24, 2.45) is 34.5 Å². The summed E-state index contributed by atoms with van der Waals surface area (Å²) in [6.45, 7) is 7.18. The first kappa shape index (κ1) is 22.7. The fourth-order valence-electron chi connectivity index (χ4n) is 8.73. The molecule has 1 aromatic heterocycles. The third-order valence-corrected chi connectivity index (χ3v) is 11.6.